The molecule has 2 rings (SSSR count). The van der Waals surface area contributed by atoms with Gasteiger partial charge >= 0.3 is 0 Å². The Morgan fingerprint density at radius 3 is 2.10 bits per heavy atom. The molecular formula is C14H15IO4S. The Hall–Kier alpha value is -1.12. The first kappa shape index (κ1) is 16.9. The molecule has 0 saturated heterocycles. The van der Waals surface area contributed by atoms with Crippen LogP contribution in [0.2, 0.25) is 0 Å². The fourth-order valence-electron chi connectivity index (χ4n) is 1.30. The second kappa shape index (κ2) is 7.61. The van der Waals surface area contributed by atoms with Gasteiger partial charge in [0.2, 0.25) is 0 Å². The highest BCUT2D eigenvalue weighted by Gasteiger charge is 2.06. The molecule has 1 N–H and O–H groups in total. The third-order valence-electron chi connectivity index (χ3n) is 2.35. The molecule has 0 aliphatic rings. The topological polar surface area (TPSA) is 63.6 Å². The van der Waals surface area contributed by atoms with E-state index in [2.05, 4.69) is 22.6 Å². The summed E-state index contributed by atoms with van der Waals surface area (Å²) in [5.74, 6) is 0.918. The Balaban J connectivity index is 0.000000204. The maximum atomic E-state index is 10.5. The van der Waals surface area contributed by atoms with Crippen LogP contribution in [0.15, 0.2) is 53.4 Å². The predicted octanol–water partition coefficient (Wildman–Crippen LogP) is 3.54. The number of hydrogen-bond donors (Lipinski definition) is 1. The summed E-state index contributed by atoms with van der Waals surface area (Å²) < 4.78 is 35.7. The number of hydrogen-bond acceptors (Lipinski definition) is 3. The average Bonchev–Trinajstić information content (AvgIpc) is 2.39. The maximum Gasteiger partial charge on any atom is 0.294 e. The fraction of sp³-hybridized carbons (Fsp3) is 0.143. The lowest BCUT2D eigenvalue weighted by molar-refractivity contribution is 0.414. The van der Waals surface area contributed by atoms with E-state index in [0.717, 1.165) is 11.3 Å². The Kier molecular flexibility index (Phi) is 6.44. The molecule has 4 nitrogen and oxygen atoms in total. The lowest BCUT2D eigenvalue weighted by atomic mass is 10.2. The van der Waals surface area contributed by atoms with Crippen molar-refractivity contribution in [1.29, 1.82) is 0 Å². The molecule has 0 atom stereocenters. The summed E-state index contributed by atoms with van der Waals surface area (Å²) >= 11 is 2.25. The van der Waals surface area contributed by atoms with Crippen molar-refractivity contribution in [2.24, 2.45) is 0 Å². The SMILES string of the molecule is COc1cccc(I)c1.Cc1ccc(S(=O)(=O)O)cc1. The zero-order valence-electron chi connectivity index (χ0n) is 11.1. The molecule has 108 valence electrons. The second-order valence-corrected chi connectivity index (χ2v) is 6.62. The Bertz CT molecular complexity index is 651. The zero-order valence-corrected chi connectivity index (χ0v) is 14.1. The van der Waals surface area contributed by atoms with E-state index in [1.807, 2.05) is 31.2 Å². The number of benzene rings is 2. The Morgan fingerprint density at radius 1 is 1.10 bits per heavy atom. The third kappa shape index (κ3) is 5.89. The number of methoxy groups -OCH3 is 1. The van der Waals surface area contributed by atoms with E-state index >= 15 is 0 Å². The summed E-state index contributed by atoms with van der Waals surface area (Å²) in [6.45, 7) is 1.84. The number of rotatable bonds is 2. The van der Waals surface area contributed by atoms with Gasteiger partial charge in [0.05, 0.1) is 12.0 Å². The molecule has 2 aromatic rings. The van der Waals surface area contributed by atoms with Gasteiger partial charge in [0, 0.05) is 3.57 Å². The third-order valence-corrected chi connectivity index (χ3v) is 3.89. The molecule has 0 aromatic heterocycles. The first-order chi connectivity index (χ1) is 9.32. The molecule has 2 aromatic carbocycles. The Labute approximate surface area is 132 Å². The summed E-state index contributed by atoms with van der Waals surface area (Å²) in [5.41, 5.74) is 0.956. The minimum atomic E-state index is -4.02. The van der Waals surface area contributed by atoms with Crippen molar-refractivity contribution in [3.05, 3.63) is 57.7 Å². The molecular weight excluding hydrogens is 391 g/mol. The van der Waals surface area contributed by atoms with Crippen molar-refractivity contribution in [3.8, 4) is 5.75 Å². The predicted molar refractivity (Wildman–Crippen MR) is 86.7 cm³/mol. The molecule has 0 unspecified atom stereocenters. The standard InChI is InChI=1S/C7H7IO.C7H8O3S/c1-9-7-4-2-3-6(8)5-7;1-6-2-4-7(5-3-6)11(8,9)10/h2-5H,1H3;2-5H,1H3,(H,8,9,10). The molecule has 0 spiro atoms. The van der Waals surface area contributed by atoms with Crippen LogP contribution in [0, 0.1) is 10.5 Å². The van der Waals surface area contributed by atoms with Crippen molar-refractivity contribution >= 4 is 32.7 Å². The first-order valence-electron chi connectivity index (χ1n) is 5.66. The van der Waals surface area contributed by atoms with Crippen molar-refractivity contribution in [1.82, 2.24) is 0 Å². The highest BCUT2D eigenvalue weighted by molar-refractivity contribution is 14.1. The average molecular weight is 406 g/mol. The van der Waals surface area contributed by atoms with E-state index in [0.29, 0.717) is 0 Å². The van der Waals surface area contributed by atoms with Crippen LogP contribution in [0.3, 0.4) is 0 Å². The highest BCUT2D eigenvalue weighted by Crippen LogP contribution is 2.13. The first-order valence-corrected chi connectivity index (χ1v) is 8.18. The smallest absolute Gasteiger partial charge is 0.294 e. The van der Waals surface area contributed by atoms with Crippen LogP contribution < -0.4 is 4.74 Å². The van der Waals surface area contributed by atoms with Gasteiger partial charge < -0.3 is 4.74 Å². The van der Waals surface area contributed by atoms with Gasteiger partial charge in [0.1, 0.15) is 5.75 Å². The van der Waals surface area contributed by atoms with E-state index < -0.39 is 10.1 Å². The van der Waals surface area contributed by atoms with Gasteiger partial charge in [0.25, 0.3) is 10.1 Å². The maximum absolute atomic E-state index is 10.5. The molecule has 0 aliphatic carbocycles. The molecule has 6 heteroatoms. The lowest BCUT2D eigenvalue weighted by Gasteiger charge is -1.96. The van der Waals surface area contributed by atoms with Crippen LogP contribution in [0.5, 0.6) is 5.75 Å². The molecule has 0 amide bonds. The minimum absolute atomic E-state index is 0.0666. The van der Waals surface area contributed by atoms with Gasteiger partial charge in [-0.05, 0) is 59.8 Å². The van der Waals surface area contributed by atoms with E-state index in [1.165, 1.54) is 15.7 Å². The van der Waals surface area contributed by atoms with E-state index in [9.17, 15) is 8.42 Å². The quantitative estimate of drug-likeness (QED) is 0.612. The van der Waals surface area contributed by atoms with Gasteiger partial charge in [-0.25, -0.2) is 0 Å². The van der Waals surface area contributed by atoms with Crippen LogP contribution in [0.1, 0.15) is 5.56 Å². The number of aryl methyl sites for hydroxylation is 1. The summed E-state index contributed by atoms with van der Waals surface area (Å²) in [5, 5.41) is 0. The van der Waals surface area contributed by atoms with Crippen LogP contribution in [0.25, 0.3) is 0 Å². The molecule has 0 aliphatic heterocycles. The van der Waals surface area contributed by atoms with Gasteiger partial charge in [0.15, 0.2) is 0 Å². The minimum Gasteiger partial charge on any atom is -0.497 e. The molecule has 0 radical (unpaired) electrons. The van der Waals surface area contributed by atoms with E-state index in [4.69, 9.17) is 9.29 Å². The van der Waals surface area contributed by atoms with Crippen molar-refractivity contribution in [3.63, 3.8) is 0 Å². The summed E-state index contributed by atoms with van der Waals surface area (Å²) in [4.78, 5) is -0.0666. The summed E-state index contributed by atoms with van der Waals surface area (Å²) in [6.07, 6.45) is 0. The van der Waals surface area contributed by atoms with Crippen LogP contribution in [0.4, 0.5) is 0 Å². The molecule has 0 heterocycles. The number of ether oxygens (including phenoxy) is 1. The van der Waals surface area contributed by atoms with Crippen LogP contribution >= 0.6 is 22.6 Å². The van der Waals surface area contributed by atoms with Gasteiger partial charge in [-0.3, -0.25) is 4.55 Å². The van der Waals surface area contributed by atoms with Gasteiger partial charge in [-0.1, -0.05) is 23.8 Å². The van der Waals surface area contributed by atoms with Crippen molar-refractivity contribution in [2.45, 2.75) is 11.8 Å². The van der Waals surface area contributed by atoms with Crippen molar-refractivity contribution < 1.29 is 17.7 Å². The fourth-order valence-corrected chi connectivity index (χ4v) is 2.30. The highest BCUT2D eigenvalue weighted by atomic mass is 127. The second-order valence-electron chi connectivity index (χ2n) is 3.95. The largest absolute Gasteiger partial charge is 0.497 e. The summed E-state index contributed by atoms with van der Waals surface area (Å²) in [7, 11) is -2.35. The van der Waals surface area contributed by atoms with E-state index in [-0.39, 0.29) is 4.90 Å². The monoisotopic (exact) mass is 406 g/mol. The zero-order chi connectivity index (χ0) is 15.2. The molecule has 20 heavy (non-hydrogen) atoms. The molecule has 0 fully saturated rings. The van der Waals surface area contributed by atoms with E-state index in [1.54, 1.807) is 19.2 Å². The van der Waals surface area contributed by atoms with Gasteiger partial charge in [-0.15, -0.1) is 0 Å². The number of halogens is 1. The van der Waals surface area contributed by atoms with Crippen LogP contribution in [-0.4, -0.2) is 20.1 Å². The Morgan fingerprint density at radius 2 is 1.70 bits per heavy atom. The molecule has 0 saturated carbocycles. The van der Waals surface area contributed by atoms with Crippen LogP contribution in [-0.2, 0) is 10.1 Å². The normalized spacial score (nSPS) is 10.4. The molecule has 0 bridgehead atoms. The van der Waals surface area contributed by atoms with Crippen molar-refractivity contribution in [2.75, 3.05) is 7.11 Å². The van der Waals surface area contributed by atoms with Gasteiger partial charge in [-0.2, -0.15) is 8.42 Å². The summed E-state index contributed by atoms with van der Waals surface area (Å²) in [6, 6.07) is 13.9. The lowest BCUT2D eigenvalue weighted by Crippen LogP contribution is -1.96.